The van der Waals surface area contributed by atoms with Crippen LogP contribution < -0.4 is 4.72 Å². The van der Waals surface area contributed by atoms with Gasteiger partial charge in [-0.3, -0.25) is 0 Å². The van der Waals surface area contributed by atoms with Gasteiger partial charge in [0.15, 0.2) is 0 Å². The third-order valence-corrected chi connectivity index (χ3v) is 5.01. The van der Waals surface area contributed by atoms with E-state index in [-0.39, 0.29) is 16.2 Å². The monoisotopic (exact) mass is 334 g/mol. The van der Waals surface area contributed by atoms with E-state index in [0.29, 0.717) is 0 Å². The molecule has 1 aromatic rings. The van der Waals surface area contributed by atoms with Crippen LogP contribution in [0.2, 0.25) is 5.28 Å². The molecule has 1 unspecified atom stereocenters. The number of halogens is 1. The molecule has 1 heterocycles. The zero-order valence-electron chi connectivity index (χ0n) is 12.7. The highest BCUT2D eigenvalue weighted by Crippen LogP contribution is 2.10. The lowest BCUT2D eigenvalue weighted by atomic mass is 10.2. The van der Waals surface area contributed by atoms with Crippen LogP contribution in [0.15, 0.2) is 17.3 Å². The molecule has 0 amide bonds. The van der Waals surface area contributed by atoms with Crippen LogP contribution in [0.1, 0.15) is 33.6 Å². The fourth-order valence-corrected chi connectivity index (χ4v) is 3.26. The van der Waals surface area contributed by atoms with Crippen molar-refractivity contribution >= 4 is 21.6 Å². The Morgan fingerprint density at radius 3 is 2.38 bits per heavy atom. The number of hydrogen-bond donors (Lipinski definition) is 1. The molecule has 0 aliphatic rings. The largest absolute Gasteiger partial charge is 0.304 e. The quantitative estimate of drug-likeness (QED) is 0.698. The van der Waals surface area contributed by atoms with Crippen molar-refractivity contribution in [2.24, 2.45) is 0 Å². The van der Waals surface area contributed by atoms with Crippen LogP contribution in [0.3, 0.4) is 0 Å². The van der Waals surface area contributed by atoms with Crippen molar-refractivity contribution in [3.8, 4) is 0 Å². The van der Waals surface area contributed by atoms with Crippen molar-refractivity contribution in [1.29, 1.82) is 0 Å². The molecule has 0 aromatic carbocycles. The van der Waals surface area contributed by atoms with Gasteiger partial charge in [-0.2, -0.15) is 0 Å². The minimum atomic E-state index is -3.59. The second-order valence-corrected chi connectivity index (χ2v) is 6.93. The maximum absolute atomic E-state index is 12.1. The summed E-state index contributed by atoms with van der Waals surface area (Å²) in [6.45, 7) is 9.10. The summed E-state index contributed by atoms with van der Waals surface area (Å²) in [5, 5.41) is 0.0289. The average Bonchev–Trinajstić information content (AvgIpc) is 2.43. The second kappa shape index (κ2) is 8.63. The third-order valence-electron chi connectivity index (χ3n) is 3.27. The normalized spacial score (nSPS) is 13.6. The van der Waals surface area contributed by atoms with E-state index in [9.17, 15) is 8.42 Å². The molecule has 0 aliphatic heterocycles. The van der Waals surface area contributed by atoms with Gasteiger partial charge in [0.05, 0.1) is 12.4 Å². The van der Waals surface area contributed by atoms with Gasteiger partial charge in [0.1, 0.15) is 4.90 Å². The predicted molar refractivity (Wildman–Crippen MR) is 83.8 cm³/mol. The Morgan fingerprint density at radius 2 is 1.86 bits per heavy atom. The summed E-state index contributed by atoms with van der Waals surface area (Å²) >= 11 is 5.55. The number of hydrogen-bond acceptors (Lipinski definition) is 5. The van der Waals surface area contributed by atoms with Gasteiger partial charge in [0, 0.05) is 6.04 Å². The van der Waals surface area contributed by atoms with Crippen LogP contribution in [0.25, 0.3) is 0 Å². The zero-order chi connectivity index (χ0) is 15.9. The molecule has 0 saturated heterocycles. The highest BCUT2D eigenvalue weighted by Gasteiger charge is 2.18. The summed E-state index contributed by atoms with van der Waals surface area (Å²) in [5.41, 5.74) is 0. The Morgan fingerprint density at radius 1 is 1.29 bits per heavy atom. The van der Waals surface area contributed by atoms with E-state index in [1.54, 1.807) is 0 Å². The molecule has 21 heavy (non-hydrogen) atoms. The SMILES string of the molecule is CCN(CC)CCCC(C)NS(=O)(=O)c1cnc(Cl)nc1. The Labute approximate surface area is 132 Å². The first-order chi connectivity index (χ1) is 9.89. The number of nitrogens with zero attached hydrogens (tertiary/aromatic N) is 3. The minimum Gasteiger partial charge on any atom is -0.304 e. The van der Waals surface area contributed by atoms with Crippen LogP contribution in [0, 0.1) is 0 Å². The predicted octanol–water partition coefficient (Wildman–Crippen LogP) is 1.92. The van der Waals surface area contributed by atoms with Gasteiger partial charge in [-0.15, -0.1) is 0 Å². The number of aromatic nitrogens is 2. The molecule has 8 heteroatoms. The summed E-state index contributed by atoms with van der Waals surface area (Å²) in [6.07, 6.45) is 4.15. The molecule has 1 aromatic heterocycles. The first-order valence-electron chi connectivity index (χ1n) is 7.11. The lowest BCUT2D eigenvalue weighted by molar-refractivity contribution is 0.293. The smallest absolute Gasteiger partial charge is 0.243 e. The summed E-state index contributed by atoms with van der Waals surface area (Å²) in [5.74, 6) is 0. The Bertz CT molecular complexity index is 517. The second-order valence-electron chi connectivity index (χ2n) is 4.88. The van der Waals surface area contributed by atoms with E-state index in [1.807, 2.05) is 6.92 Å². The van der Waals surface area contributed by atoms with Gasteiger partial charge in [0.25, 0.3) is 0 Å². The van der Waals surface area contributed by atoms with Gasteiger partial charge >= 0.3 is 0 Å². The third kappa shape index (κ3) is 6.25. The van der Waals surface area contributed by atoms with E-state index in [0.717, 1.165) is 32.5 Å². The molecule has 0 bridgehead atoms. The molecule has 0 spiro atoms. The molecule has 120 valence electrons. The molecule has 1 atom stereocenters. The lowest BCUT2D eigenvalue weighted by Gasteiger charge is -2.19. The van der Waals surface area contributed by atoms with Crippen molar-refractivity contribution in [1.82, 2.24) is 19.6 Å². The number of rotatable bonds is 9. The van der Waals surface area contributed by atoms with E-state index in [2.05, 4.69) is 33.4 Å². The van der Waals surface area contributed by atoms with Crippen LogP contribution in [0.5, 0.6) is 0 Å². The van der Waals surface area contributed by atoms with Gasteiger partial charge < -0.3 is 4.90 Å². The van der Waals surface area contributed by atoms with Gasteiger partial charge in [-0.05, 0) is 51.0 Å². The summed E-state index contributed by atoms with van der Waals surface area (Å²) in [6, 6.07) is -0.138. The van der Waals surface area contributed by atoms with Crippen molar-refractivity contribution in [3.05, 3.63) is 17.7 Å². The molecule has 0 aliphatic carbocycles. The van der Waals surface area contributed by atoms with Crippen molar-refractivity contribution < 1.29 is 8.42 Å². The van der Waals surface area contributed by atoms with E-state index < -0.39 is 10.0 Å². The summed E-state index contributed by atoms with van der Waals surface area (Å²) < 4.78 is 26.9. The molecule has 6 nitrogen and oxygen atoms in total. The van der Waals surface area contributed by atoms with Gasteiger partial charge in [0.2, 0.25) is 15.3 Å². The molecular weight excluding hydrogens is 312 g/mol. The highest BCUT2D eigenvalue weighted by atomic mass is 35.5. The summed E-state index contributed by atoms with van der Waals surface area (Å²) in [7, 11) is -3.59. The van der Waals surface area contributed by atoms with Crippen molar-refractivity contribution in [2.45, 2.75) is 44.6 Å². The molecule has 0 saturated carbocycles. The maximum Gasteiger partial charge on any atom is 0.243 e. The molecule has 1 rings (SSSR count). The Balaban J connectivity index is 2.49. The van der Waals surface area contributed by atoms with E-state index in [4.69, 9.17) is 11.6 Å². The zero-order valence-corrected chi connectivity index (χ0v) is 14.3. The van der Waals surface area contributed by atoms with Crippen LogP contribution in [0.4, 0.5) is 0 Å². The number of sulfonamides is 1. The first kappa shape index (κ1) is 18.3. The lowest BCUT2D eigenvalue weighted by Crippen LogP contribution is -2.33. The van der Waals surface area contributed by atoms with Crippen LogP contribution in [-0.2, 0) is 10.0 Å². The highest BCUT2D eigenvalue weighted by molar-refractivity contribution is 7.89. The van der Waals surface area contributed by atoms with Crippen LogP contribution in [-0.4, -0.2) is 49.0 Å². The Hall–Kier alpha value is -0.760. The molecule has 0 fully saturated rings. The van der Waals surface area contributed by atoms with Gasteiger partial charge in [-0.25, -0.2) is 23.1 Å². The summed E-state index contributed by atoms with van der Waals surface area (Å²) in [4.78, 5) is 9.72. The number of nitrogens with one attached hydrogen (secondary N) is 1. The van der Waals surface area contributed by atoms with Crippen molar-refractivity contribution in [2.75, 3.05) is 19.6 Å². The fraction of sp³-hybridized carbons (Fsp3) is 0.692. The molecule has 1 N–H and O–H groups in total. The van der Waals surface area contributed by atoms with Crippen LogP contribution >= 0.6 is 11.6 Å². The maximum atomic E-state index is 12.1. The molecule has 0 radical (unpaired) electrons. The Kier molecular flexibility index (Phi) is 7.51. The van der Waals surface area contributed by atoms with Crippen molar-refractivity contribution in [3.63, 3.8) is 0 Å². The first-order valence-corrected chi connectivity index (χ1v) is 8.97. The van der Waals surface area contributed by atoms with E-state index in [1.165, 1.54) is 12.4 Å². The topological polar surface area (TPSA) is 75.2 Å². The molecular formula is C13H23ClN4O2S. The fourth-order valence-electron chi connectivity index (χ4n) is 1.99. The minimum absolute atomic E-state index is 0.0289. The standard InChI is InChI=1S/C13H23ClN4O2S/c1-4-18(5-2)8-6-7-11(3)17-21(19,20)12-9-15-13(14)16-10-12/h9-11,17H,4-8H2,1-3H3. The average molecular weight is 335 g/mol. The van der Waals surface area contributed by atoms with Gasteiger partial charge in [-0.1, -0.05) is 13.8 Å². The van der Waals surface area contributed by atoms with E-state index >= 15 is 0 Å².